The molecule has 3 rings (SSSR count). The van der Waals surface area contributed by atoms with Crippen molar-refractivity contribution in [2.45, 2.75) is 31.9 Å². The van der Waals surface area contributed by atoms with Crippen molar-refractivity contribution in [3.8, 4) is 0 Å². The van der Waals surface area contributed by atoms with Crippen LogP contribution in [-0.4, -0.2) is 14.9 Å². The lowest BCUT2D eigenvalue weighted by atomic mass is 9.92. The van der Waals surface area contributed by atoms with Gasteiger partial charge in [-0.15, -0.1) is 0 Å². The van der Waals surface area contributed by atoms with Gasteiger partial charge in [0.2, 0.25) is 0 Å². The highest BCUT2D eigenvalue weighted by molar-refractivity contribution is 5.43. The van der Waals surface area contributed by atoms with Gasteiger partial charge in [-0.05, 0) is 49.1 Å². The molecule has 1 heterocycles. The van der Waals surface area contributed by atoms with Crippen LogP contribution < -0.4 is 0 Å². The minimum Gasteiger partial charge on any atom is -0.379 e. The first-order valence-corrected chi connectivity index (χ1v) is 6.18. The van der Waals surface area contributed by atoms with Crippen LogP contribution in [-0.2, 0) is 18.6 Å². The smallest absolute Gasteiger partial charge is 0.132 e. The number of halogens is 1. The predicted octanol–water partition coefficient (Wildman–Crippen LogP) is 2.22. The Morgan fingerprint density at radius 3 is 3.06 bits per heavy atom. The molecule has 94 valence electrons. The molecule has 0 fully saturated rings. The molecular formula is C14H15FN2O. The van der Waals surface area contributed by atoms with E-state index < -0.39 is 5.60 Å². The fourth-order valence-electron chi connectivity index (χ4n) is 2.82. The monoisotopic (exact) mass is 246 g/mol. The van der Waals surface area contributed by atoms with Crippen molar-refractivity contribution in [3.05, 3.63) is 53.1 Å². The van der Waals surface area contributed by atoms with Gasteiger partial charge in [0.05, 0.1) is 5.69 Å². The Balaban J connectivity index is 2.14. The Labute approximate surface area is 105 Å². The van der Waals surface area contributed by atoms with Crippen molar-refractivity contribution in [2.24, 2.45) is 0 Å². The van der Waals surface area contributed by atoms with Gasteiger partial charge in [-0.2, -0.15) is 5.10 Å². The summed E-state index contributed by atoms with van der Waals surface area (Å²) in [5, 5.41) is 15.1. The second kappa shape index (κ2) is 3.92. The average molecular weight is 246 g/mol. The van der Waals surface area contributed by atoms with Crippen LogP contribution in [0.25, 0.3) is 0 Å². The van der Waals surface area contributed by atoms with Gasteiger partial charge >= 0.3 is 0 Å². The predicted molar refractivity (Wildman–Crippen MR) is 65.6 cm³/mol. The van der Waals surface area contributed by atoms with Crippen molar-refractivity contribution >= 4 is 0 Å². The Hall–Kier alpha value is -1.68. The number of benzene rings is 1. The van der Waals surface area contributed by atoms with Gasteiger partial charge < -0.3 is 5.11 Å². The van der Waals surface area contributed by atoms with E-state index in [1.54, 1.807) is 16.9 Å². The summed E-state index contributed by atoms with van der Waals surface area (Å²) < 4.78 is 15.0. The van der Waals surface area contributed by atoms with Gasteiger partial charge in [-0.1, -0.05) is 6.07 Å². The summed E-state index contributed by atoms with van der Waals surface area (Å²) in [5.74, 6) is -0.248. The normalized spacial score (nSPS) is 22.2. The number of fused-ring (bicyclic) bond motifs is 1. The lowest BCUT2D eigenvalue weighted by Gasteiger charge is -2.25. The summed E-state index contributed by atoms with van der Waals surface area (Å²) in [4.78, 5) is 0. The first kappa shape index (κ1) is 11.4. The SMILES string of the molecule is CCn1nccc1C1(O)CCc2cc(F)ccc21. The molecule has 1 unspecified atom stereocenters. The highest BCUT2D eigenvalue weighted by Gasteiger charge is 2.40. The zero-order valence-corrected chi connectivity index (χ0v) is 10.2. The number of aliphatic hydroxyl groups is 1. The fourth-order valence-corrected chi connectivity index (χ4v) is 2.82. The molecule has 1 aliphatic rings. The van der Waals surface area contributed by atoms with Crippen molar-refractivity contribution < 1.29 is 9.50 Å². The first-order chi connectivity index (χ1) is 8.65. The van der Waals surface area contributed by atoms with Crippen LogP contribution in [0.4, 0.5) is 4.39 Å². The molecule has 1 aromatic carbocycles. The van der Waals surface area contributed by atoms with E-state index in [4.69, 9.17) is 0 Å². The molecule has 1 aromatic heterocycles. The summed E-state index contributed by atoms with van der Waals surface area (Å²) in [6, 6.07) is 6.44. The standard InChI is InChI=1S/C14H15FN2O/c1-2-17-13(6-8-16-17)14(18)7-5-10-9-11(15)3-4-12(10)14/h3-4,6,8-9,18H,2,5,7H2,1H3. The largest absolute Gasteiger partial charge is 0.379 e. The second-order valence-electron chi connectivity index (χ2n) is 4.69. The van der Waals surface area contributed by atoms with Crippen molar-refractivity contribution in [1.82, 2.24) is 9.78 Å². The molecule has 18 heavy (non-hydrogen) atoms. The van der Waals surface area contributed by atoms with Gasteiger partial charge in [0, 0.05) is 12.7 Å². The van der Waals surface area contributed by atoms with Gasteiger partial charge in [0.15, 0.2) is 0 Å². The Bertz CT molecular complexity index is 593. The maximum absolute atomic E-state index is 13.2. The van der Waals surface area contributed by atoms with Crippen molar-refractivity contribution in [2.75, 3.05) is 0 Å². The van der Waals surface area contributed by atoms with E-state index >= 15 is 0 Å². The molecule has 0 spiro atoms. The summed E-state index contributed by atoms with van der Waals surface area (Å²) in [6.45, 7) is 2.70. The molecule has 2 aromatic rings. The molecule has 0 amide bonds. The molecule has 4 heteroatoms. The minimum atomic E-state index is -1.03. The Kier molecular flexibility index (Phi) is 2.48. The summed E-state index contributed by atoms with van der Waals surface area (Å²) in [7, 11) is 0. The minimum absolute atomic E-state index is 0.248. The molecule has 1 N–H and O–H groups in total. The van der Waals surface area contributed by atoms with E-state index in [9.17, 15) is 9.50 Å². The molecular weight excluding hydrogens is 231 g/mol. The summed E-state index contributed by atoms with van der Waals surface area (Å²) in [6.07, 6.45) is 2.97. The van der Waals surface area contributed by atoms with E-state index in [-0.39, 0.29) is 5.82 Å². The zero-order valence-electron chi connectivity index (χ0n) is 10.2. The Morgan fingerprint density at radius 1 is 1.44 bits per heavy atom. The van der Waals surface area contributed by atoms with Gasteiger partial charge in [-0.3, -0.25) is 4.68 Å². The van der Waals surface area contributed by atoms with E-state index in [1.165, 1.54) is 12.1 Å². The third kappa shape index (κ3) is 1.49. The number of nitrogens with zero attached hydrogens (tertiary/aromatic N) is 2. The number of rotatable bonds is 2. The van der Waals surface area contributed by atoms with Crippen LogP contribution in [0.2, 0.25) is 0 Å². The fraction of sp³-hybridized carbons (Fsp3) is 0.357. The average Bonchev–Trinajstić information content (AvgIpc) is 2.95. The highest BCUT2D eigenvalue weighted by atomic mass is 19.1. The van der Waals surface area contributed by atoms with Crippen LogP contribution >= 0.6 is 0 Å². The Morgan fingerprint density at radius 2 is 2.28 bits per heavy atom. The molecule has 1 atom stereocenters. The number of aromatic nitrogens is 2. The molecule has 0 saturated heterocycles. The molecule has 1 aliphatic carbocycles. The van der Waals surface area contributed by atoms with Crippen LogP contribution in [0.15, 0.2) is 30.5 Å². The number of hydrogen-bond donors (Lipinski definition) is 1. The lowest BCUT2D eigenvalue weighted by Crippen LogP contribution is -2.27. The van der Waals surface area contributed by atoms with E-state index in [0.717, 1.165) is 16.8 Å². The zero-order chi connectivity index (χ0) is 12.8. The highest BCUT2D eigenvalue weighted by Crippen LogP contribution is 2.41. The molecule has 0 bridgehead atoms. The number of hydrogen-bond acceptors (Lipinski definition) is 2. The van der Waals surface area contributed by atoms with Crippen LogP contribution in [0.1, 0.15) is 30.2 Å². The van der Waals surface area contributed by atoms with E-state index in [1.807, 2.05) is 13.0 Å². The molecule has 3 nitrogen and oxygen atoms in total. The van der Waals surface area contributed by atoms with E-state index in [0.29, 0.717) is 19.4 Å². The van der Waals surface area contributed by atoms with Gasteiger partial charge in [0.1, 0.15) is 11.4 Å². The summed E-state index contributed by atoms with van der Waals surface area (Å²) in [5.41, 5.74) is 1.45. The van der Waals surface area contributed by atoms with Crippen LogP contribution in [0, 0.1) is 5.82 Å². The number of aryl methyl sites for hydroxylation is 2. The molecule has 0 radical (unpaired) electrons. The maximum atomic E-state index is 13.2. The second-order valence-corrected chi connectivity index (χ2v) is 4.69. The first-order valence-electron chi connectivity index (χ1n) is 6.18. The lowest BCUT2D eigenvalue weighted by molar-refractivity contribution is 0.0729. The third-order valence-corrected chi connectivity index (χ3v) is 3.71. The van der Waals surface area contributed by atoms with Crippen molar-refractivity contribution in [3.63, 3.8) is 0 Å². The molecule has 0 saturated carbocycles. The molecule has 0 aliphatic heterocycles. The maximum Gasteiger partial charge on any atom is 0.132 e. The van der Waals surface area contributed by atoms with E-state index in [2.05, 4.69) is 5.10 Å². The quantitative estimate of drug-likeness (QED) is 0.882. The van der Waals surface area contributed by atoms with Crippen molar-refractivity contribution in [1.29, 1.82) is 0 Å². The third-order valence-electron chi connectivity index (χ3n) is 3.71. The topological polar surface area (TPSA) is 38.0 Å². The van der Waals surface area contributed by atoms with Crippen LogP contribution in [0.3, 0.4) is 0 Å². The van der Waals surface area contributed by atoms with Gasteiger partial charge in [-0.25, -0.2) is 4.39 Å². The summed E-state index contributed by atoms with van der Waals surface area (Å²) >= 11 is 0. The van der Waals surface area contributed by atoms with Gasteiger partial charge in [0.25, 0.3) is 0 Å². The van der Waals surface area contributed by atoms with Crippen LogP contribution in [0.5, 0.6) is 0 Å².